The summed E-state index contributed by atoms with van der Waals surface area (Å²) in [5, 5.41) is 9.41. The number of amides is 2. The number of benzene rings is 1. The second-order valence-corrected chi connectivity index (χ2v) is 5.82. The number of rotatable bonds is 6. The van der Waals surface area contributed by atoms with E-state index in [1.807, 2.05) is 0 Å². The van der Waals surface area contributed by atoms with Crippen molar-refractivity contribution in [1.29, 1.82) is 0 Å². The monoisotopic (exact) mass is 382 g/mol. The molecule has 0 aliphatic rings. The molecule has 2 heterocycles. The van der Waals surface area contributed by atoms with Crippen molar-refractivity contribution >= 4 is 23.5 Å². The van der Waals surface area contributed by atoms with Crippen molar-refractivity contribution in [2.75, 3.05) is 12.4 Å². The average Bonchev–Trinajstić information content (AvgIpc) is 3.35. The summed E-state index contributed by atoms with van der Waals surface area (Å²) in [6.07, 6.45) is 2.91. The molecule has 2 N–H and O–H groups in total. The molecule has 0 bridgehead atoms. The predicted octanol–water partition coefficient (Wildman–Crippen LogP) is 1.98. The summed E-state index contributed by atoms with van der Waals surface area (Å²) in [6.45, 7) is 0.208. The number of aromatic nitrogens is 2. The SMILES string of the molecule is COC(=O)c1ccc(C(=O)Nc2cnn(C)c2C(=O)NCc2ccco2)cc1. The van der Waals surface area contributed by atoms with Crippen molar-refractivity contribution in [1.82, 2.24) is 15.1 Å². The molecule has 3 rings (SSSR count). The van der Waals surface area contributed by atoms with Crippen LogP contribution in [0.2, 0.25) is 0 Å². The van der Waals surface area contributed by atoms with Gasteiger partial charge in [0.2, 0.25) is 0 Å². The number of hydrogen-bond acceptors (Lipinski definition) is 6. The number of furan rings is 1. The van der Waals surface area contributed by atoms with Crippen LogP contribution in [-0.2, 0) is 18.3 Å². The molecule has 3 aromatic rings. The van der Waals surface area contributed by atoms with E-state index in [4.69, 9.17) is 4.42 Å². The van der Waals surface area contributed by atoms with Crippen LogP contribution in [0.4, 0.5) is 5.69 Å². The van der Waals surface area contributed by atoms with Gasteiger partial charge >= 0.3 is 5.97 Å². The van der Waals surface area contributed by atoms with Gasteiger partial charge in [0.15, 0.2) is 0 Å². The number of anilines is 1. The molecule has 0 spiro atoms. The standard InChI is InChI=1S/C19H18N4O5/c1-23-16(18(25)20-10-14-4-3-9-28-14)15(11-21-23)22-17(24)12-5-7-13(8-6-12)19(26)27-2/h3-9,11H,10H2,1-2H3,(H,20,25)(H,22,24). The van der Waals surface area contributed by atoms with E-state index in [1.54, 1.807) is 19.2 Å². The largest absolute Gasteiger partial charge is 0.467 e. The number of nitrogens with zero attached hydrogens (tertiary/aromatic N) is 2. The van der Waals surface area contributed by atoms with Crippen molar-refractivity contribution in [2.24, 2.45) is 7.05 Å². The van der Waals surface area contributed by atoms with Crippen molar-refractivity contribution in [3.05, 3.63) is 71.4 Å². The van der Waals surface area contributed by atoms with Crippen LogP contribution in [0.15, 0.2) is 53.3 Å². The summed E-state index contributed by atoms with van der Waals surface area (Å²) in [5.41, 5.74) is 1.12. The Hall–Kier alpha value is -3.88. The number of carbonyl (C=O) groups is 3. The molecule has 1 aromatic carbocycles. The molecule has 0 saturated carbocycles. The first kappa shape index (κ1) is 18.9. The molecule has 0 atom stereocenters. The highest BCUT2D eigenvalue weighted by atomic mass is 16.5. The van der Waals surface area contributed by atoms with Gasteiger partial charge in [-0.15, -0.1) is 0 Å². The van der Waals surface area contributed by atoms with Gasteiger partial charge in [-0.25, -0.2) is 4.79 Å². The van der Waals surface area contributed by atoms with Gasteiger partial charge in [-0.3, -0.25) is 14.3 Å². The Morgan fingerprint density at radius 2 is 1.82 bits per heavy atom. The van der Waals surface area contributed by atoms with Gasteiger partial charge in [-0.1, -0.05) is 0 Å². The third-order valence-electron chi connectivity index (χ3n) is 3.97. The Kier molecular flexibility index (Phi) is 5.54. The van der Waals surface area contributed by atoms with Gasteiger partial charge in [0, 0.05) is 12.6 Å². The second-order valence-electron chi connectivity index (χ2n) is 5.82. The Morgan fingerprint density at radius 3 is 2.46 bits per heavy atom. The van der Waals surface area contributed by atoms with Crippen LogP contribution in [0.3, 0.4) is 0 Å². The van der Waals surface area contributed by atoms with Crippen LogP contribution in [0, 0.1) is 0 Å². The molecule has 0 unspecified atom stereocenters. The van der Waals surface area contributed by atoms with Crippen LogP contribution in [-0.4, -0.2) is 34.7 Å². The smallest absolute Gasteiger partial charge is 0.337 e. The van der Waals surface area contributed by atoms with Crippen molar-refractivity contribution in [3.8, 4) is 0 Å². The summed E-state index contributed by atoms with van der Waals surface area (Å²) < 4.78 is 11.2. The second kappa shape index (κ2) is 8.21. The molecule has 0 aliphatic heterocycles. The van der Waals surface area contributed by atoms with Gasteiger partial charge in [-0.05, 0) is 36.4 Å². The predicted molar refractivity (Wildman–Crippen MR) is 98.8 cm³/mol. The molecule has 0 aliphatic carbocycles. The summed E-state index contributed by atoms with van der Waals surface area (Å²) >= 11 is 0. The number of methoxy groups -OCH3 is 1. The van der Waals surface area contributed by atoms with E-state index in [-0.39, 0.29) is 17.9 Å². The average molecular weight is 382 g/mol. The lowest BCUT2D eigenvalue weighted by Gasteiger charge is -2.08. The van der Waals surface area contributed by atoms with E-state index in [1.165, 1.54) is 48.5 Å². The fraction of sp³-hybridized carbons (Fsp3) is 0.158. The van der Waals surface area contributed by atoms with Crippen LogP contribution < -0.4 is 10.6 Å². The Morgan fingerprint density at radius 1 is 1.11 bits per heavy atom. The minimum atomic E-state index is -0.491. The molecule has 2 amide bonds. The zero-order valence-corrected chi connectivity index (χ0v) is 15.3. The lowest BCUT2D eigenvalue weighted by molar-refractivity contribution is 0.0600. The molecule has 144 valence electrons. The maximum atomic E-state index is 12.5. The first-order chi connectivity index (χ1) is 13.5. The normalized spacial score (nSPS) is 10.4. The molecule has 2 aromatic heterocycles. The van der Waals surface area contributed by atoms with Crippen LogP contribution in [0.25, 0.3) is 0 Å². The van der Waals surface area contributed by atoms with E-state index in [2.05, 4.69) is 20.5 Å². The molecule has 28 heavy (non-hydrogen) atoms. The molecule has 9 nitrogen and oxygen atoms in total. The van der Waals surface area contributed by atoms with E-state index < -0.39 is 17.8 Å². The molecule has 9 heteroatoms. The molecule has 0 saturated heterocycles. The van der Waals surface area contributed by atoms with Crippen molar-refractivity contribution in [2.45, 2.75) is 6.54 Å². The number of hydrogen-bond donors (Lipinski definition) is 2. The fourth-order valence-corrected chi connectivity index (χ4v) is 2.53. The highest BCUT2D eigenvalue weighted by Gasteiger charge is 2.19. The number of aryl methyl sites for hydroxylation is 1. The van der Waals surface area contributed by atoms with Gasteiger partial charge in [0.05, 0.1) is 37.4 Å². The molecular weight excluding hydrogens is 364 g/mol. The highest BCUT2D eigenvalue weighted by molar-refractivity contribution is 6.08. The maximum Gasteiger partial charge on any atom is 0.337 e. The number of nitrogens with one attached hydrogen (secondary N) is 2. The maximum absolute atomic E-state index is 12.5. The quantitative estimate of drug-likeness (QED) is 0.630. The first-order valence-corrected chi connectivity index (χ1v) is 8.32. The summed E-state index contributed by atoms with van der Waals surface area (Å²) in [5.74, 6) is -0.737. The molecule has 0 fully saturated rings. The van der Waals surface area contributed by atoms with Crippen molar-refractivity contribution in [3.63, 3.8) is 0 Å². The van der Waals surface area contributed by atoms with Crippen LogP contribution in [0.1, 0.15) is 37.0 Å². The zero-order valence-electron chi connectivity index (χ0n) is 15.3. The van der Waals surface area contributed by atoms with E-state index in [0.29, 0.717) is 16.9 Å². The van der Waals surface area contributed by atoms with Crippen molar-refractivity contribution < 1.29 is 23.5 Å². The lowest BCUT2D eigenvalue weighted by atomic mass is 10.1. The Balaban J connectivity index is 1.71. The van der Waals surface area contributed by atoms with E-state index in [9.17, 15) is 14.4 Å². The number of esters is 1. The number of ether oxygens (including phenoxy) is 1. The van der Waals surface area contributed by atoms with Crippen LogP contribution >= 0.6 is 0 Å². The number of carbonyl (C=O) groups excluding carboxylic acids is 3. The third-order valence-corrected chi connectivity index (χ3v) is 3.97. The Labute approximate surface area is 160 Å². The van der Waals surface area contributed by atoms with Gasteiger partial charge < -0.3 is 19.8 Å². The zero-order chi connectivity index (χ0) is 20.1. The fourth-order valence-electron chi connectivity index (χ4n) is 2.53. The van der Waals surface area contributed by atoms with Gasteiger partial charge in [-0.2, -0.15) is 5.10 Å². The Bertz CT molecular complexity index is 990. The molecular formula is C19H18N4O5. The van der Waals surface area contributed by atoms with Gasteiger partial charge in [0.1, 0.15) is 11.5 Å². The highest BCUT2D eigenvalue weighted by Crippen LogP contribution is 2.16. The first-order valence-electron chi connectivity index (χ1n) is 8.32. The molecule has 0 radical (unpaired) electrons. The van der Waals surface area contributed by atoms with Crippen LogP contribution in [0.5, 0.6) is 0 Å². The summed E-state index contributed by atoms with van der Waals surface area (Å²) in [4.78, 5) is 36.4. The summed E-state index contributed by atoms with van der Waals surface area (Å²) in [6, 6.07) is 9.43. The minimum Gasteiger partial charge on any atom is -0.467 e. The van der Waals surface area contributed by atoms with E-state index in [0.717, 1.165) is 0 Å². The third kappa shape index (κ3) is 4.09. The van der Waals surface area contributed by atoms with Gasteiger partial charge in [0.25, 0.3) is 11.8 Å². The lowest BCUT2D eigenvalue weighted by Crippen LogP contribution is -2.26. The summed E-state index contributed by atoms with van der Waals surface area (Å²) in [7, 11) is 2.88. The minimum absolute atomic E-state index is 0.200. The topological polar surface area (TPSA) is 115 Å². The van der Waals surface area contributed by atoms with E-state index >= 15 is 0 Å².